The molecule has 64 valence electrons. The molecular weight excluding hydrogens is 146 g/mol. The van der Waals surface area contributed by atoms with Crippen molar-refractivity contribution in [2.45, 2.75) is 32.6 Å². The highest BCUT2D eigenvalue weighted by Gasteiger charge is 2.25. The second-order valence-corrected chi connectivity index (χ2v) is 3.94. The fourth-order valence-corrected chi connectivity index (χ4v) is 2.09. The van der Waals surface area contributed by atoms with Gasteiger partial charge in [0.1, 0.15) is 0 Å². The molecule has 1 heteroatoms. The van der Waals surface area contributed by atoms with E-state index in [9.17, 15) is 0 Å². The van der Waals surface area contributed by atoms with Crippen molar-refractivity contribution in [3.05, 3.63) is 29.6 Å². The molecule has 1 aliphatic carbocycles. The first-order chi connectivity index (χ1) is 5.79. The average Bonchev–Trinajstić information content (AvgIpc) is 2.47. The average molecular weight is 161 g/mol. The van der Waals surface area contributed by atoms with E-state index in [0.29, 0.717) is 5.92 Å². The molecule has 0 radical (unpaired) electrons. The lowest BCUT2D eigenvalue weighted by Gasteiger charge is -2.13. The first-order valence-electron chi connectivity index (χ1n) is 4.73. The van der Waals surface area contributed by atoms with Gasteiger partial charge in [0.25, 0.3) is 0 Å². The van der Waals surface area contributed by atoms with Crippen molar-refractivity contribution in [3.8, 4) is 0 Å². The lowest BCUT2D eigenvalue weighted by atomic mass is 9.93. The van der Waals surface area contributed by atoms with Gasteiger partial charge in [0.2, 0.25) is 0 Å². The van der Waals surface area contributed by atoms with Crippen molar-refractivity contribution in [3.63, 3.8) is 0 Å². The monoisotopic (exact) mass is 161 g/mol. The van der Waals surface area contributed by atoms with Crippen LogP contribution in [0, 0.1) is 5.92 Å². The minimum Gasteiger partial charge on any atom is -0.261 e. The van der Waals surface area contributed by atoms with Gasteiger partial charge in [-0.2, -0.15) is 0 Å². The maximum atomic E-state index is 4.46. The Morgan fingerprint density at radius 2 is 2.33 bits per heavy atom. The minimum absolute atomic E-state index is 0.709. The van der Waals surface area contributed by atoms with Crippen LogP contribution in [0.25, 0.3) is 0 Å². The lowest BCUT2D eigenvalue weighted by Crippen LogP contribution is -2.03. The summed E-state index contributed by atoms with van der Waals surface area (Å²) in [5.74, 6) is 1.45. The molecule has 0 fully saturated rings. The van der Waals surface area contributed by atoms with Crippen molar-refractivity contribution in [1.29, 1.82) is 0 Å². The topological polar surface area (TPSA) is 12.9 Å². The summed E-state index contributed by atoms with van der Waals surface area (Å²) >= 11 is 0. The molecule has 0 N–H and O–H groups in total. The number of fused-ring (bicyclic) bond motifs is 1. The van der Waals surface area contributed by atoms with E-state index in [1.54, 1.807) is 0 Å². The Balaban J connectivity index is 2.36. The van der Waals surface area contributed by atoms with Crippen molar-refractivity contribution < 1.29 is 0 Å². The van der Waals surface area contributed by atoms with E-state index in [2.05, 4.69) is 24.9 Å². The first kappa shape index (κ1) is 7.78. The molecule has 1 nitrogen and oxygen atoms in total. The predicted molar refractivity (Wildman–Crippen MR) is 50.1 cm³/mol. The summed E-state index contributed by atoms with van der Waals surface area (Å²) in [5.41, 5.74) is 2.82. The highest BCUT2D eigenvalue weighted by molar-refractivity contribution is 5.28. The van der Waals surface area contributed by atoms with Crippen molar-refractivity contribution in [2.24, 2.45) is 5.92 Å². The minimum atomic E-state index is 0.709. The second-order valence-electron chi connectivity index (χ2n) is 3.94. The van der Waals surface area contributed by atoms with E-state index < -0.39 is 0 Å². The van der Waals surface area contributed by atoms with E-state index in [0.717, 1.165) is 5.92 Å². The SMILES string of the molecule is CC(C)C1CCc2cccnc21. The van der Waals surface area contributed by atoms with Crippen LogP contribution in [0.15, 0.2) is 18.3 Å². The molecule has 1 unspecified atom stereocenters. The number of pyridine rings is 1. The molecule has 0 saturated carbocycles. The van der Waals surface area contributed by atoms with Crippen LogP contribution in [0.5, 0.6) is 0 Å². The van der Waals surface area contributed by atoms with Crippen LogP contribution in [-0.4, -0.2) is 4.98 Å². The number of aryl methyl sites for hydroxylation is 1. The maximum absolute atomic E-state index is 4.46. The number of nitrogens with zero attached hydrogens (tertiary/aromatic N) is 1. The number of hydrogen-bond donors (Lipinski definition) is 0. The molecular formula is C11H15N. The van der Waals surface area contributed by atoms with Crippen LogP contribution in [0.2, 0.25) is 0 Å². The smallest absolute Gasteiger partial charge is 0.0469 e. The molecule has 1 atom stereocenters. The first-order valence-corrected chi connectivity index (χ1v) is 4.73. The largest absolute Gasteiger partial charge is 0.261 e. The number of hydrogen-bond acceptors (Lipinski definition) is 1. The Morgan fingerprint density at radius 1 is 1.50 bits per heavy atom. The standard InChI is InChI=1S/C11H15N/c1-8(2)10-6-5-9-4-3-7-12-11(9)10/h3-4,7-8,10H,5-6H2,1-2H3. The summed E-state index contributed by atoms with van der Waals surface area (Å²) in [6.45, 7) is 4.57. The zero-order chi connectivity index (χ0) is 8.55. The second kappa shape index (κ2) is 2.89. The lowest BCUT2D eigenvalue weighted by molar-refractivity contribution is 0.487. The molecule has 1 aromatic rings. The summed E-state index contributed by atoms with van der Waals surface area (Å²) in [5, 5.41) is 0. The van der Waals surface area contributed by atoms with Gasteiger partial charge in [-0.1, -0.05) is 19.9 Å². The van der Waals surface area contributed by atoms with E-state index in [-0.39, 0.29) is 0 Å². The van der Waals surface area contributed by atoms with Gasteiger partial charge in [0, 0.05) is 17.8 Å². The maximum Gasteiger partial charge on any atom is 0.0469 e. The van der Waals surface area contributed by atoms with Crippen LogP contribution in [0.3, 0.4) is 0 Å². The van der Waals surface area contributed by atoms with Gasteiger partial charge in [-0.05, 0) is 30.4 Å². The van der Waals surface area contributed by atoms with Gasteiger partial charge >= 0.3 is 0 Å². The Morgan fingerprint density at radius 3 is 3.08 bits per heavy atom. The molecule has 0 aliphatic heterocycles. The summed E-state index contributed by atoms with van der Waals surface area (Å²) in [6, 6.07) is 4.26. The van der Waals surface area contributed by atoms with Gasteiger partial charge < -0.3 is 0 Å². The number of rotatable bonds is 1. The molecule has 2 rings (SSSR count). The summed E-state index contributed by atoms with van der Waals surface area (Å²) < 4.78 is 0. The van der Waals surface area contributed by atoms with Gasteiger partial charge in [-0.15, -0.1) is 0 Å². The highest BCUT2D eigenvalue weighted by atomic mass is 14.7. The summed E-state index contributed by atoms with van der Waals surface area (Å²) in [7, 11) is 0. The van der Waals surface area contributed by atoms with Crippen LogP contribution in [0.4, 0.5) is 0 Å². The van der Waals surface area contributed by atoms with Crippen LogP contribution in [-0.2, 0) is 6.42 Å². The molecule has 1 aromatic heterocycles. The van der Waals surface area contributed by atoms with E-state index in [1.807, 2.05) is 12.3 Å². The fraction of sp³-hybridized carbons (Fsp3) is 0.545. The van der Waals surface area contributed by atoms with E-state index >= 15 is 0 Å². The van der Waals surface area contributed by atoms with E-state index in [1.165, 1.54) is 24.1 Å². The zero-order valence-corrected chi connectivity index (χ0v) is 7.75. The Bertz CT molecular complexity index is 278. The molecule has 0 spiro atoms. The van der Waals surface area contributed by atoms with Gasteiger partial charge in [0.05, 0.1) is 0 Å². The van der Waals surface area contributed by atoms with Crippen LogP contribution >= 0.6 is 0 Å². The van der Waals surface area contributed by atoms with Gasteiger partial charge in [-0.3, -0.25) is 4.98 Å². The third-order valence-electron chi connectivity index (χ3n) is 2.81. The molecule has 0 saturated heterocycles. The van der Waals surface area contributed by atoms with Crippen molar-refractivity contribution >= 4 is 0 Å². The molecule has 1 aliphatic rings. The zero-order valence-electron chi connectivity index (χ0n) is 7.75. The molecule has 12 heavy (non-hydrogen) atoms. The third-order valence-corrected chi connectivity index (χ3v) is 2.81. The van der Waals surface area contributed by atoms with Crippen molar-refractivity contribution in [2.75, 3.05) is 0 Å². The normalized spacial score (nSPS) is 21.4. The Labute approximate surface area is 73.8 Å². The van der Waals surface area contributed by atoms with Crippen LogP contribution < -0.4 is 0 Å². The molecule has 1 heterocycles. The number of aromatic nitrogens is 1. The van der Waals surface area contributed by atoms with E-state index in [4.69, 9.17) is 0 Å². The summed E-state index contributed by atoms with van der Waals surface area (Å²) in [4.78, 5) is 4.46. The molecule has 0 bridgehead atoms. The third kappa shape index (κ3) is 1.13. The Kier molecular flexibility index (Phi) is 1.87. The predicted octanol–water partition coefficient (Wildman–Crippen LogP) is 2.77. The molecule has 0 aromatic carbocycles. The highest BCUT2D eigenvalue weighted by Crippen LogP contribution is 2.36. The van der Waals surface area contributed by atoms with Gasteiger partial charge in [0.15, 0.2) is 0 Å². The fourth-order valence-electron chi connectivity index (χ4n) is 2.09. The molecule has 0 amide bonds. The Hall–Kier alpha value is -0.850. The van der Waals surface area contributed by atoms with Crippen LogP contribution in [0.1, 0.15) is 37.4 Å². The quantitative estimate of drug-likeness (QED) is 0.617. The van der Waals surface area contributed by atoms with Gasteiger partial charge in [-0.25, -0.2) is 0 Å². The summed E-state index contributed by atoms with van der Waals surface area (Å²) in [6.07, 6.45) is 4.44. The van der Waals surface area contributed by atoms with Crippen molar-refractivity contribution in [1.82, 2.24) is 4.98 Å².